The van der Waals surface area contributed by atoms with Gasteiger partial charge in [-0.3, -0.25) is 14.4 Å². The number of thioether (sulfide) groups is 1. The van der Waals surface area contributed by atoms with E-state index in [9.17, 15) is 24.4 Å². The SMILES string of the molecule is COC(=O)c1ccc([C@@H]2C(C#N)=C(SCC(=O)NC[C@@H]3CCCO3)NC(=O)[C@H]2C(=O)OC)cc1. The quantitative estimate of drug-likeness (QED) is 0.409. The van der Waals surface area contributed by atoms with Gasteiger partial charge in [-0.05, 0) is 30.5 Å². The van der Waals surface area contributed by atoms with Gasteiger partial charge in [0.2, 0.25) is 11.8 Å². The molecule has 0 saturated carbocycles. The Morgan fingerprint density at radius 1 is 1.24 bits per heavy atom. The van der Waals surface area contributed by atoms with Crippen LogP contribution >= 0.6 is 11.8 Å². The first-order valence-electron chi connectivity index (χ1n) is 10.6. The molecule has 0 aromatic heterocycles. The fourth-order valence-electron chi connectivity index (χ4n) is 3.85. The maximum Gasteiger partial charge on any atom is 0.337 e. The number of methoxy groups -OCH3 is 2. The van der Waals surface area contributed by atoms with Crippen molar-refractivity contribution < 1.29 is 33.4 Å². The molecule has 3 atom stereocenters. The molecule has 0 unspecified atom stereocenters. The summed E-state index contributed by atoms with van der Waals surface area (Å²) in [5.41, 5.74) is 0.870. The van der Waals surface area contributed by atoms with E-state index in [1.165, 1.54) is 19.2 Å². The zero-order chi connectivity index (χ0) is 24.7. The largest absolute Gasteiger partial charge is 0.468 e. The lowest BCUT2D eigenvalue weighted by Crippen LogP contribution is -2.44. The molecule has 2 amide bonds. The summed E-state index contributed by atoms with van der Waals surface area (Å²) >= 11 is 1.00. The zero-order valence-electron chi connectivity index (χ0n) is 18.8. The average molecular weight is 488 g/mol. The summed E-state index contributed by atoms with van der Waals surface area (Å²) in [6, 6.07) is 8.16. The van der Waals surface area contributed by atoms with Gasteiger partial charge in [-0.25, -0.2) is 4.79 Å². The normalized spacial score (nSPS) is 21.9. The van der Waals surface area contributed by atoms with Crippen molar-refractivity contribution in [2.24, 2.45) is 5.92 Å². The van der Waals surface area contributed by atoms with Crippen molar-refractivity contribution in [1.82, 2.24) is 10.6 Å². The number of esters is 2. The summed E-state index contributed by atoms with van der Waals surface area (Å²) in [6.45, 7) is 1.08. The van der Waals surface area contributed by atoms with E-state index < -0.39 is 29.7 Å². The molecule has 1 saturated heterocycles. The van der Waals surface area contributed by atoms with Crippen molar-refractivity contribution in [3.8, 4) is 6.07 Å². The number of carbonyl (C=O) groups excluding carboxylic acids is 4. The molecule has 34 heavy (non-hydrogen) atoms. The van der Waals surface area contributed by atoms with Gasteiger partial charge in [0.1, 0.15) is 5.92 Å². The molecule has 1 aromatic rings. The standard InChI is InChI=1S/C23H25N3O7S/c1-31-22(29)14-7-5-13(6-8-14)18-16(10-24)21(26-20(28)19(18)23(30)32-2)34-12-17(27)25-11-15-4-3-9-33-15/h5-8,15,18-19H,3-4,9,11-12H2,1-2H3,(H,25,27)(H,26,28)/t15-,18+,19-/m0/s1. The Bertz CT molecular complexity index is 1030. The highest BCUT2D eigenvalue weighted by Gasteiger charge is 2.44. The number of rotatable bonds is 8. The number of carbonyl (C=O) groups is 4. The first-order valence-corrected chi connectivity index (χ1v) is 11.6. The van der Waals surface area contributed by atoms with Crippen LogP contribution in [0.25, 0.3) is 0 Å². The zero-order valence-corrected chi connectivity index (χ0v) is 19.6. The summed E-state index contributed by atoms with van der Waals surface area (Å²) in [5, 5.41) is 15.5. The van der Waals surface area contributed by atoms with Crippen LogP contribution in [0.5, 0.6) is 0 Å². The number of hydrogen-bond acceptors (Lipinski definition) is 9. The van der Waals surface area contributed by atoms with Crippen LogP contribution in [0.3, 0.4) is 0 Å². The molecule has 0 bridgehead atoms. The highest BCUT2D eigenvalue weighted by atomic mass is 32.2. The fraction of sp³-hybridized carbons (Fsp3) is 0.435. The Labute approximate surface area is 201 Å². The molecule has 2 heterocycles. The van der Waals surface area contributed by atoms with Crippen LogP contribution in [0, 0.1) is 17.2 Å². The van der Waals surface area contributed by atoms with E-state index in [2.05, 4.69) is 16.7 Å². The van der Waals surface area contributed by atoms with Gasteiger partial charge in [0, 0.05) is 19.1 Å². The summed E-state index contributed by atoms with van der Waals surface area (Å²) < 4.78 is 15.0. The van der Waals surface area contributed by atoms with E-state index in [0.29, 0.717) is 18.7 Å². The van der Waals surface area contributed by atoms with Crippen LogP contribution in [-0.4, -0.2) is 63.0 Å². The Hall–Kier alpha value is -3.36. The number of nitriles is 1. The van der Waals surface area contributed by atoms with Crippen molar-refractivity contribution in [3.63, 3.8) is 0 Å². The van der Waals surface area contributed by atoms with E-state index >= 15 is 0 Å². The molecule has 0 radical (unpaired) electrons. The molecule has 2 aliphatic heterocycles. The molecule has 1 fully saturated rings. The van der Waals surface area contributed by atoms with E-state index in [0.717, 1.165) is 31.7 Å². The highest BCUT2D eigenvalue weighted by Crippen LogP contribution is 2.40. The average Bonchev–Trinajstić information content (AvgIpc) is 3.38. The fourth-order valence-corrected chi connectivity index (χ4v) is 4.72. The number of allylic oxidation sites excluding steroid dienone is 1. The summed E-state index contributed by atoms with van der Waals surface area (Å²) in [6.07, 6.45) is 1.84. The van der Waals surface area contributed by atoms with Gasteiger partial charge in [-0.15, -0.1) is 0 Å². The first kappa shape index (κ1) is 25.3. The summed E-state index contributed by atoms with van der Waals surface area (Å²) in [4.78, 5) is 49.4. The minimum Gasteiger partial charge on any atom is -0.468 e. The Morgan fingerprint density at radius 2 is 1.97 bits per heavy atom. The topological polar surface area (TPSA) is 144 Å². The lowest BCUT2D eigenvalue weighted by Gasteiger charge is -2.31. The Balaban J connectivity index is 1.84. The van der Waals surface area contributed by atoms with Gasteiger partial charge in [-0.2, -0.15) is 5.26 Å². The van der Waals surface area contributed by atoms with Crippen molar-refractivity contribution in [1.29, 1.82) is 5.26 Å². The van der Waals surface area contributed by atoms with Gasteiger partial charge in [-0.1, -0.05) is 23.9 Å². The summed E-state index contributed by atoms with van der Waals surface area (Å²) in [7, 11) is 2.41. The lowest BCUT2D eigenvalue weighted by molar-refractivity contribution is -0.150. The van der Waals surface area contributed by atoms with E-state index in [-0.39, 0.29) is 33.9 Å². The number of benzene rings is 1. The van der Waals surface area contributed by atoms with Crippen molar-refractivity contribution in [3.05, 3.63) is 46.0 Å². The number of hydrogen-bond donors (Lipinski definition) is 2. The minimum atomic E-state index is -1.30. The molecule has 3 rings (SSSR count). The molecule has 0 spiro atoms. The van der Waals surface area contributed by atoms with Gasteiger partial charge in [0.05, 0.1) is 48.3 Å². The van der Waals surface area contributed by atoms with Crippen molar-refractivity contribution >= 4 is 35.5 Å². The molecular weight excluding hydrogens is 462 g/mol. The van der Waals surface area contributed by atoms with Crippen LogP contribution in [0.1, 0.15) is 34.7 Å². The van der Waals surface area contributed by atoms with Gasteiger partial charge in [0.15, 0.2) is 0 Å². The monoisotopic (exact) mass is 487 g/mol. The molecule has 180 valence electrons. The molecule has 11 heteroatoms. The molecule has 2 N–H and O–H groups in total. The van der Waals surface area contributed by atoms with Crippen LogP contribution in [0.4, 0.5) is 0 Å². The van der Waals surface area contributed by atoms with E-state index in [1.54, 1.807) is 12.1 Å². The van der Waals surface area contributed by atoms with Crippen molar-refractivity contribution in [2.45, 2.75) is 24.9 Å². The third kappa shape index (κ3) is 5.76. The predicted molar refractivity (Wildman–Crippen MR) is 121 cm³/mol. The molecule has 0 aliphatic carbocycles. The second-order valence-electron chi connectivity index (χ2n) is 7.66. The number of nitrogens with zero attached hydrogens (tertiary/aromatic N) is 1. The van der Waals surface area contributed by atoms with Gasteiger partial charge in [0.25, 0.3) is 0 Å². The smallest absolute Gasteiger partial charge is 0.337 e. The maximum atomic E-state index is 12.9. The van der Waals surface area contributed by atoms with Crippen molar-refractivity contribution in [2.75, 3.05) is 33.1 Å². The third-order valence-electron chi connectivity index (χ3n) is 5.57. The van der Waals surface area contributed by atoms with Crippen LogP contribution in [0.15, 0.2) is 34.9 Å². The van der Waals surface area contributed by atoms with Crippen LogP contribution in [0.2, 0.25) is 0 Å². The number of amides is 2. The maximum absolute atomic E-state index is 12.9. The van der Waals surface area contributed by atoms with E-state index in [1.807, 2.05) is 0 Å². The van der Waals surface area contributed by atoms with Crippen LogP contribution in [-0.2, 0) is 28.6 Å². The lowest BCUT2D eigenvalue weighted by atomic mass is 9.78. The van der Waals surface area contributed by atoms with E-state index in [4.69, 9.17) is 14.2 Å². The van der Waals surface area contributed by atoms with Gasteiger partial charge >= 0.3 is 11.9 Å². The predicted octanol–water partition coefficient (Wildman–Crippen LogP) is 1.24. The third-order valence-corrected chi connectivity index (χ3v) is 6.59. The van der Waals surface area contributed by atoms with Crippen LogP contribution < -0.4 is 10.6 Å². The molecule has 2 aliphatic rings. The minimum absolute atomic E-state index is 0.00428. The van der Waals surface area contributed by atoms with Gasteiger partial charge < -0.3 is 24.8 Å². The second-order valence-corrected chi connectivity index (χ2v) is 8.65. The Kier molecular flexibility index (Phi) is 8.67. The summed E-state index contributed by atoms with van der Waals surface area (Å²) in [5.74, 6) is -4.55. The second kappa shape index (κ2) is 11.7. The molecule has 10 nitrogen and oxygen atoms in total. The highest BCUT2D eigenvalue weighted by molar-refractivity contribution is 8.03. The molecular formula is C23H25N3O7S. The Morgan fingerprint density at radius 3 is 2.56 bits per heavy atom. The molecule has 1 aromatic carbocycles. The number of nitrogens with one attached hydrogen (secondary N) is 2. The first-order chi connectivity index (χ1) is 16.4. The number of ether oxygens (including phenoxy) is 3.